The average molecular weight is 366 g/mol. The van der Waals surface area contributed by atoms with Crippen LogP contribution in [0.4, 0.5) is 0 Å². The molecule has 3 N–H and O–H groups in total. The maximum Gasteiger partial charge on any atom is 0.252 e. The van der Waals surface area contributed by atoms with Crippen LogP contribution in [0.5, 0.6) is 11.5 Å². The summed E-state index contributed by atoms with van der Waals surface area (Å²) in [5, 5.41) is 15.0. The standard InChI is InChI=1S/C19H30N2O5/c1-11(2)16(10-22)20-19(24)17(12(3)4)21-18(23)13-7-14(25-5)9-15(8-13)26-6/h7-9,11-12,16-17,22H,10H2,1-6H3,(H,20,24)(H,21,23)/t16-,17+/m1/s1. The van der Waals surface area contributed by atoms with Gasteiger partial charge in [-0.2, -0.15) is 0 Å². The molecule has 0 fully saturated rings. The fourth-order valence-corrected chi connectivity index (χ4v) is 2.39. The Balaban J connectivity index is 2.96. The van der Waals surface area contributed by atoms with Crippen molar-refractivity contribution in [2.45, 2.75) is 39.8 Å². The van der Waals surface area contributed by atoms with Gasteiger partial charge in [-0.3, -0.25) is 9.59 Å². The fourth-order valence-electron chi connectivity index (χ4n) is 2.39. The van der Waals surface area contributed by atoms with Crippen molar-refractivity contribution in [3.8, 4) is 11.5 Å². The summed E-state index contributed by atoms with van der Waals surface area (Å²) >= 11 is 0. The van der Waals surface area contributed by atoms with E-state index in [0.717, 1.165) is 0 Å². The third-order valence-electron chi connectivity index (χ3n) is 4.18. The van der Waals surface area contributed by atoms with Crippen LogP contribution in [-0.4, -0.2) is 49.8 Å². The van der Waals surface area contributed by atoms with Gasteiger partial charge in [0.2, 0.25) is 5.91 Å². The van der Waals surface area contributed by atoms with Crippen molar-refractivity contribution >= 4 is 11.8 Å². The van der Waals surface area contributed by atoms with Crippen molar-refractivity contribution in [2.75, 3.05) is 20.8 Å². The number of hydrogen-bond donors (Lipinski definition) is 3. The van der Waals surface area contributed by atoms with Crippen LogP contribution >= 0.6 is 0 Å². The number of hydrogen-bond acceptors (Lipinski definition) is 5. The smallest absolute Gasteiger partial charge is 0.252 e. The van der Waals surface area contributed by atoms with Crippen LogP contribution < -0.4 is 20.1 Å². The van der Waals surface area contributed by atoms with E-state index in [4.69, 9.17) is 9.47 Å². The van der Waals surface area contributed by atoms with E-state index in [1.165, 1.54) is 14.2 Å². The molecule has 0 bridgehead atoms. The Hall–Kier alpha value is -2.28. The van der Waals surface area contributed by atoms with E-state index in [1.54, 1.807) is 18.2 Å². The molecule has 0 aliphatic carbocycles. The van der Waals surface area contributed by atoms with Gasteiger partial charge < -0.3 is 25.2 Å². The molecule has 1 rings (SSSR count). The molecule has 0 heterocycles. The summed E-state index contributed by atoms with van der Waals surface area (Å²) in [6.45, 7) is 7.36. The van der Waals surface area contributed by atoms with E-state index < -0.39 is 11.9 Å². The Morgan fingerprint density at radius 3 is 1.88 bits per heavy atom. The summed E-state index contributed by atoms with van der Waals surface area (Å²) in [6.07, 6.45) is 0. The van der Waals surface area contributed by atoms with E-state index in [9.17, 15) is 14.7 Å². The predicted molar refractivity (Wildman–Crippen MR) is 99.5 cm³/mol. The highest BCUT2D eigenvalue weighted by Crippen LogP contribution is 2.22. The molecule has 7 heteroatoms. The van der Waals surface area contributed by atoms with E-state index in [1.807, 2.05) is 27.7 Å². The zero-order valence-electron chi connectivity index (χ0n) is 16.3. The predicted octanol–water partition coefficient (Wildman–Crippen LogP) is 1.59. The van der Waals surface area contributed by atoms with Crippen molar-refractivity contribution < 1.29 is 24.2 Å². The number of nitrogens with one attached hydrogen (secondary N) is 2. The normalized spacial score (nSPS) is 13.3. The Morgan fingerprint density at radius 1 is 0.962 bits per heavy atom. The van der Waals surface area contributed by atoms with Gasteiger partial charge in [0.15, 0.2) is 0 Å². The second-order valence-corrected chi connectivity index (χ2v) is 6.84. The van der Waals surface area contributed by atoms with Gasteiger partial charge in [-0.25, -0.2) is 0 Å². The number of aliphatic hydroxyl groups excluding tert-OH is 1. The number of rotatable bonds is 9. The summed E-state index contributed by atoms with van der Waals surface area (Å²) in [7, 11) is 3.00. The average Bonchev–Trinajstić information content (AvgIpc) is 2.62. The Morgan fingerprint density at radius 2 is 1.50 bits per heavy atom. The summed E-state index contributed by atoms with van der Waals surface area (Å²) in [4.78, 5) is 25.2. The van der Waals surface area contributed by atoms with Gasteiger partial charge in [-0.1, -0.05) is 27.7 Å². The second kappa shape index (κ2) is 10.0. The van der Waals surface area contributed by atoms with Crippen molar-refractivity contribution in [1.29, 1.82) is 0 Å². The molecular formula is C19H30N2O5. The third kappa shape index (κ3) is 5.91. The lowest BCUT2D eigenvalue weighted by molar-refractivity contribution is -0.125. The first kappa shape index (κ1) is 21.8. The molecule has 2 atom stereocenters. The highest BCUT2D eigenvalue weighted by molar-refractivity contribution is 5.98. The SMILES string of the molecule is COc1cc(OC)cc(C(=O)N[C@H](C(=O)N[C@H](CO)C(C)C)C(C)C)c1. The number of benzene rings is 1. The highest BCUT2D eigenvalue weighted by atomic mass is 16.5. The van der Waals surface area contributed by atoms with Gasteiger partial charge in [0.25, 0.3) is 5.91 Å². The largest absolute Gasteiger partial charge is 0.497 e. The number of methoxy groups -OCH3 is 2. The molecule has 26 heavy (non-hydrogen) atoms. The molecule has 0 saturated carbocycles. The minimum absolute atomic E-state index is 0.0788. The lowest BCUT2D eigenvalue weighted by Gasteiger charge is -2.26. The maximum atomic E-state index is 12.6. The minimum Gasteiger partial charge on any atom is -0.497 e. The number of carbonyl (C=O) groups excluding carboxylic acids is 2. The van der Waals surface area contributed by atoms with Gasteiger partial charge in [0.1, 0.15) is 17.5 Å². The summed E-state index contributed by atoms with van der Waals surface area (Å²) in [6, 6.07) is 3.73. The molecule has 1 aromatic carbocycles. The van der Waals surface area contributed by atoms with Gasteiger partial charge in [0.05, 0.1) is 26.9 Å². The molecule has 0 radical (unpaired) electrons. The van der Waals surface area contributed by atoms with Crippen LogP contribution in [0.2, 0.25) is 0 Å². The molecule has 1 aromatic rings. The Bertz CT molecular complexity index is 594. The first-order chi connectivity index (χ1) is 12.2. The van der Waals surface area contributed by atoms with Crippen LogP contribution in [0.3, 0.4) is 0 Å². The lowest BCUT2D eigenvalue weighted by Crippen LogP contribution is -2.53. The van der Waals surface area contributed by atoms with Crippen molar-refractivity contribution in [1.82, 2.24) is 10.6 Å². The van der Waals surface area contributed by atoms with Crippen LogP contribution in [0.25, 0.3) is 0 Å². The van der Waals surface area contributed by atoms with Crippen molar-refractivity contribution in [3.05, 3.63) is 23.8 Å². The molecule has 0 aliphatic rings. The van der Waals surface area contributed by atoms with Crippen molar-refractivity contribution in [3.63, 3.8) is 0 Å². The first-order valence-electron chi connectivity index (χ1n) is 8.68. The van der Waals surface area contributed by atoms with E-state index in [2.05, 4.69) is 10.6 Å². The number of aliphatic hydroxyl groups is 1. The lowest BCUT2D eigenvalue weighted by atomic mass is 10.00. The maximum absolute atomic E-state index is 12.6. The summed E-state index contributed by atoms with van der Waals surface area (Å²) in [5.74, 6) is 0.200. The molecular weight excluding hydrogens is 336 g/mol. The molecule has 7 nitrogen and oxygen atoms in total. The summed E-state index contributed by atoms with van der Waals surface area (Å²) < 4.78 is 10.3. The van der Waals surface area contributed by atoms with Gasteiger partial charge >= 0.3 is 0 Å². The highest BCUT2D eigenvalue weighted by Gasteiger charge is 2.27. The van der Waals surface area contributed by atoms with Crippen LogP contribution in [0, 0.1) is 11.8 Å². The molecule has 0 unspecified atom stereocenters. The van der Waals surface area contributed by atoms with Crippen LogP contribution in [0.15, 0.2) is 18.2 Å². The van der Waals surface area contributed by atoms with Crippen molar-refractivity contribution in [2.24, 2.45) is 11.8 Å². The van der Waals surface area contributed by atoms with Gasteiger partial charge in [0, 0.05) is 11.6 Å². The molecule has 0 aromatic heterocycles. The third-order valence-corrected chi connectivity index (χ3v) is 4.18. The van der Waals surface area contributed by atoms with E-state index in [-0.39, 0.29) is 30.4 Å². The topological polar surface area (TPSA) is 96.9 Å². The van der Waals surface area contributed by atoms with E-state index in [0.29, 0.717) is 17.1 Å². The summed E-state index contributed by atoms with van der Waals surface area (Å²) in [5.41, 5.74) is 0.335. The molecule has 0 spiro atoms. The Kier molecular flexibility index (Phi) is 8.38. The molecule has 146 valence electrons. The fraction of sp³-hybridized carbons (Fsp3) is 0.579. The van der Waals surface area contributed by atoms with Crippen LogP contribution in [-0.2, 0) is 4.79 Å². The zero-order chi connectivity index (χ0) is 19.9. The van der Waals surface area contributed by atoms with E-state index >= 15 is 0 Å². The first-order valence-corrected chi connectivity index (χ1v) is 8.68. The zero-order valence-corrected chi connectivity index (χ0v) is 16.3. The molecule has 0 saturated heterocycles. The second-order valence-electron chi connectivity index (χ2n) is 6.84. The number of amides is 2. The van der Waals surface area contributed by atoms with Gasteiger partial charge in [-0.05, 0) is 24.0 Å². The Labute approximate surface area is 155 Å². The quantitative estimate of drug-likeness (QED) is 0.617. The molecule has 2 amide bonds. The van der Waals surface area contributed by atoms with Gasteiger partial charge in [-0.15, -0.1) is 0 Å². The van der Waals surface area contributed by atoms with Crippen LogP contribution in [0.1, 0.15) is 38.1 Å². The minimum atomic E-state index is -0.729. The monoisotopic (exact) mass is 366 g/mol. The molecule has 0 aliphatic heterocycles. The number of ether oxygens (including phenoxy) is 2. The number of carbonyl (C=O) groups is 2.